The standard InChI is InChI=1S/C24H40O2/c1-2-18-26-23(25)19-24(20-12-6-3-7-13-20,21-14-8-4-9-15-21)22-16-10-5-11-17-22/h2,20-22H,1,3-19H2. The zero-order valence-corrected chi connectivity index (χ0v) is 16.9. The quantitative estimate of drug-likeness (QED) is 0.367. The van der Waals surface area contributed by atoms with Crippen LogP contribution < -0.4 is 0 Å². The van der Waals surface area contributed by atoms with Gasteiger partial charge in [0, 0.05) is 0 Å². The van der Waals surface area contributed by atoms with Crippen LogP contribution in [0.1, 0.15) is 103 Å². The molecular formula is C24H40O2. The first kappa shape index (κ1) is 20.0. The van der Waals surface area contributed by atoms with E-state index in [1.54, 1.807) is 6.08 Å². The Hall–Kier alpha value is -0.790. The SMILES string of the molecule is C=CCOC(=O)CC(C1CCCCC1)(C1CCCCC1)C1CCCCC1. The predicted molar refractivity (Wildman–Crippen MR) is 108 cm³/mol. The monoisotopic (exact) mass is 360 g/mol. The fourth-order valence-corrected chi connectivity index (χ4v) is 6.81. The van der Waals surface area contributed by atoms with Crippen molar-refractivity contribution in [2.45, 2.75) is 103 Å². The van der Waals surface area contributed by atoms with Crippen LogP contribution in [0.4, 0.5) is 0 Å². The van der Waals surface area contributed by atoms with Crippen LogP contribution in [-0.4, -0.2) is 12.6 Å². The van der Waals surface area contributed by atoms with Gasteiger partial charge in [0.15, 0.2) is 0 Å². The lowest BCUT2D eigenvalue weighted by atomic mass is 9.50. The maximum Gasteiger partial charge on any atom is 0.306 e. The topological polar surface area (TPSA) is 26.3 Å². The number of hydrogen-bond acceptors (Lipinski definition) is 2. The van der Waals surface area contributed by atoms with Crippen molar-refractivity contribution in [3.63, 3.8) is 0 Å². The van der Waals surface area contributed by atoms with Crippen molar-refractivity contribution < 1.29 is 9.53 Å². The molecule has 0 amide bonds. The van der Waals surface area contributed by atoms with Crippen molar-refractivity contribution in [2.24, 2.45) is 23.2 Å². The number of ether oxygens (including phenoxy) is 1. The van der Waals surface area contributed by atoms with E-state index in [4.69, 9.17) is 4.74 Å². The number of rotatable bonds is 7. The largest absolute Gasteiger partial charge is 0.461 e. The molecule has 2 nitrogen and oxygen atoms in total. The third kappa shape index (κ3) is 4.54. The first-order valence-electron chi connectivity index (χ1n) is 11.5. The Morgan fingerprint density at radius 1 is 0.769 bits per heavy atom. The minimum atomic E-state index is 0.0478. The highest BCUT2D eigenvalue weighted by molar-refractivity contribution is 5.70. The van der Waals surface area contributed by atoms with Gasteiger partial charge in [-0.2, -0.15) is 0 Å². The van der Waals surface area contributed by atoms with E-state index < -0.39 is 0 Å². The molecule has 0 saturated heterocycles. The number of esters is 1. The van der Waals surface area contributed by atoms with Crippen molar-refractivity contribution in [3.05, 3.63) is 12.7 Å². The van der Waals surface area contributed by atoms with E-state index >= 15 is 0 Å². The molecule has 3 rings (SSSR count). The summed E-state index contributed by atoms with van der Waals surface area (Å²) in [7, 11) is 0. The minimum absolute atomic E-state index is 0.0478. The summed E-state index contributed by atoms with van der Waals surface area (Å²) in [6.07, 6.45) is 22.9. The highest BCUT2D eigenvalue weighted by atomic mass is 16.5. The molecule has 3 fully saturated rings. The zero-order valence-electron chi connectivity index (χ0n) is 16.9. The van der Waals surface area contributed by atoms with Gasteiger partial charge >= 0.3 is 5.97 Å². The van der Waals surface area contributed by atoms with Crippen LogP contribution in [0.2, 0.25) is 0 Å². The Morgan fingerprint density at radius 3 is 1.50 bits per heavy atom. The molecular weight excluding hydrogens is 320 g/mol. The molecule has 3 saturated carbocycles. The Labute approximate surface area is 161 Å². The van der Waals surface area contributed by atoms with Gasteiger partial charge in [-0.1, -0.05) is 70.4 Å². The first-order chi connectivity index (χ1) is 12.8. The Morgan fingerprint density at radius 2 is 1.15 bits per heavy atom. The van der Waals surface area contributed by atoms with Crippen molar-refractivity contribution >= 4 is 5.97 Å². The zero-order chi connectivity index (χ0) is 18.2. The average Bonchev–Trinajstić information content (AvgIpc) is 2.72. The molecule has 2 heteroatoms. The second-order valence-corrected chi connectivity index (χ2v) is 9.27. The van der Waals surface area contributed by atoms with Gasteiger partial charge in [-0.15, -0.1) is 0 Å². The molecule has 0 aliphatic heterocycles. The Kier molecular flexibility index (Phi) is 7.64. The highest BCUT2D eigenvalue weighted by Crippen LogP contribution is 2.58. The third-order valence-corrected chi connectivity index (χ3v) is 7.91. The second kappa shape index (κ2) is 9.95. The number of carbonyl (C=O) groups excluding carboxylic acids is 1. The van der Waals surface area contributed by atoms with E-state index in [-0.39, 0.29) is 11.4 Å². The fourth-order valence-electron chi connectivity index (χ4n) is 6.81. The maximum absolute atomic E-state index is 12.9. The smallest absolute Gasteiger partial charge is 0.306 e. The van der Waals surface area contributed by atoms with Gasteiger partial charge in [-0.05, 0) is 61.7 Å². The highest BCUT2D eigenvalue weighted by Gasteiger charge is 2.51. The Balaban J connectivity index is 1.90. The lowest BCUT2D eigenvalue weighted by molar-refractivity contribution is -0.153. The van der Waals surface area contributed by atoms with Gasteiger partial charge < -0.3 is 4.74 Å². The van der Waals surface area contributed by atoms with Crippen molar-refractivity contribution in [1.82, 2.24) is 0 Å². The van der Waals surface area contributed by atoms with Crippen LogP contribution in [0.3, 0.4) is 0 Å². The molecule has 3 aliphatic rings. The molecule has 0 atom stereocenters. The molecule has 148 valence electrons. The van der Waals surface area contributed by atoms with E-state index in [0.29, 0.717) is 13.0 Å². The van der Waals surface area contributed by atoms with E-state index in [9.17, 15) is 4.79 Å². The molecule has 3 aliphatic carbocycles. The molecule has 0 bridgehead atoms. The van der Waals surface area contributed by atoms with Crippen molar-refractivity contribution in [2.75, 3.05) is 6.61 Å². The molecule has 0 radical (unpaired) electrons. The summed E-state index contributed by atoms with van der Waals surface area (Å²) >= 11 is 0. The predicted octanol–water partition coefficient (Wildman–Crippen LogP) is 6.83. The molecule has 0 heterocycles. The van der Waals surface area contributed by atoms with Crippen molar-refractivity contribution in [3.8, 4) is 0 Å². The summed E-state index contributed by atoms with van der Waals surface area (Å²) in [5.41, 5.74) is 0.222. The fraction of sp³-hybridized carbons (Fsp3) is 0.875. The molecule has 0 aromatic heterocycles. The van der Waals surface area contributed by atoms with Crippen LogP contribution in [0, 0.1) is 23.2 Å². The van der Waals surface area contributed by atoms with Gasteiger partial charge in [-0.25, -0.2) is 0 Å². The van der Waals surface area contributed by atoms with E-state index in [0.717, 1.165) is 17.8 Å². The number of carbonyl (C=O) groups is 1. The lowest BCUT2D eigenvalue weighted by Crippen LogP contribution is -2.48. The van der Waals surface area contributed by atoms with Gasteiger partial charge in [0.25, 0.3) is 0 Å². The van der Waals surface area contributed by atoms with E-state index in [1.165, 1.54) is 96.3 Å². The summed E-state index contributed by atoms with van der Waals surface area (Å²) in [4.78, 5) is 12.9. The molecule has 0 N–H and O–H groups in total. The number of hydrogen-bond donors (Lipinski definition) is 0. The molecule has 0 spiro atoms. The molecule has 26 heavy (non-hydrogen) atoms. The van der Waals surface area contributed by atoms with Gasteiger partial charge in [0.2, 0.25) is 0 Å². The van der Waals surface area contributed by atoms with Crippen LogP contribution in [0.15, 0.2) is 12.7 Å². The van der Waals surface area contributed by atoms with Crippen molar-refractivity contribution in [1.29, 1.82) is 0 Å². The van der Waals surface area contributed by atoms with Crippen LogP contribution >= 0.6 is 0 Å². The lowest BCUT2D eigenvalue weighted by Gasteiger charge is -2.54. The van der Waals surface area contributed by atoms with Crippen LogP contribution in [0.25, 0.3) is 0 Å². The molecule has 0 unspecified atom stereocenters. The maximum atomic E-state index is 12.9. The van der Waals surface area contributed by atoms with E-state index in [2.05, 4.69) is 6.58 Å². The second-order valence-electron chi connectivity index (χ2n) is 9.27. The van der Waals surface area contributed by atoms with Gasteiger partial charge in [-0.3, -0.25) is 4.79 Å². The summed E-state index contributed by atoms with van der Waals surface area (Å²) in [6.45, 7) is 4.09. The minimum Gasteiger partial charge on any atom is -0.461 e. The Bertz CT molecular complexity index is 392. The average molecular weight is 361 g/mol. The first-order valence-corrected chi connectivity index (χ1v) is 11.5. The summed E-state index contributed by atoms with van der Waals surface area (Å²) in [5.74, 6) is 2.29. The third-order valence-electron chi connectivity index (χ3n) is 7.91. The van der Waals surface area contributed by atoms with Gasteiger partial charge in [0.05, 0.1) is 6.42 Å². The van der Waals surface area contributed by atoms with Crippen LogP contribution in [0.5, 0.6) is 0 Å². The summed E-state index contributed by atoms with van der Waals surface area (Å²) in [5, 5.41) is 0. The summed E-state index contributed by atoms with van der Waals surface area (Å²) in [6, 6.07) is 0. The van der Waals surface area contributed by atoms with E-state index in [1.807, 2.05) is 0 Å². The van der Waals surface area contributed by atoms with Crippen LogP contribution in [-0.2, 0) is 9.53 Å². The normalized spacial score (nSPS) is 24.3. The summed E-state index contributed by atoms with van der Waals surface area (Å²) < 4.78 is 5.56. The van der Waals surface area contributed by atoms with Gasteiger partial charge in [0.1, 0.15) is 6.61 Å². The molecule has 0 aromatic carbocycles. The molecule has 0 aromatic rings.